The Morgan fingerprint density at radius 2 is 1.59 bits per heavy atom. The molecule has 17 heavy (non-hydrogen) atoms. The molecule has 1 aliphatic heterocycles. The molecule has 1 saturated heterocycles. The molecule has 0 saturated carbocycles. The van der Waals surface area contributed by atoms with Crippen molar-refractivity contribution in [1.29, 1.82) is 0 Å². The summed E-state index contributed by atoms with van der Waals surface area (Å²) in [4.78, 5) is 5.17. The van der Waals surface area contributed by atoms with Gasteiger partial charge in [0.15, 0.2) is 0 Å². The number of rotatable bonds is 7. The van der Waals surface area contributed by atoms with E-state index in [2.05, 4.69) is 42.8 Å². The Hall–Kier alpha value is -0.120. The van der Waals surface area contributed by atoms with Crippen molar-refractivity contribution in [3.63, 3.8) is 0 Å². The zero-order valence-electron chi connectivity index (χ0n) is 12.2. The van der Waals surface area contributed by atoms with Crippen LogP contribution in [0.25, 0.3) is 0 Å². The SMILES string of the molecule is CCC(CC)NCC(C)N1CCN(CC)CC1. The van der Waals surface area contributed by atoms with Crippen LogP contribution in [0, 0.1) is 0 Å². The fraction of sp³-hybridized carbons (Fsp3) is 1.00. The second-order valence-electron chi connectivity index (χ2n) is 5.24. The van der Waals surface area contributed by atoms with Gasteiger partial charge in [0.2, 0.25) is 0 Å². The third-order valence-corrected chi connectivity index (χ3v) is 4.16. The van der Waals surface area contributed by atoms with Crippen LogP contribution < -0.4 is 5.32 Å². The van der Waals surface area contributed by atoms with Gasteiger partial charge in [-0.05, 0) is 26.3 Å². The van der Waals surface area contributed by atoms with Crippen LogP contribution >= 0.6 is 0 Å². The lowest BCUT2D eigenvalue weighted by Crippen LogP contribution is -2.52. The molecule has 0 aliphatic carbocycles. The fourth-order valence-corrected chi connectivity index (χ4v) is 2.56. The lowest BCUT2D eigenvalue weighted by molar-refractivity contribution is 0.104. The Balaban J connectivity index is 2.22. The van der Waals surface area contributed by atoms with Gasteiger partial charge in [-0.15, -0.1) is 0 Å². The maximum Gasteiger partial charge on any atom is 0.0193 e. The van der Waals surface area contributed by atoms with Crippen molar-refractivity contribution in [3.05, 3.63) is 0 Å². The van der Waals surface area contributed by atoms with Crippen molar-refractivity contribution >= 4 is 0 Å². The summed E-state index contributed by atoms with van der Waals surface area (Å²) in [7, 11) is 0. The smallest absolute Gasteiger partial charge is 0.0193 e. The van der Waals surface area contributed by atoms with Crippen LogP contribution in [0.5, 0.6) is 0 Å². The number of piperazine rings is 1. The van der Waals surface area contributed by atoms with Crippen LogP contribution in [0.1, 0.15) is 40.5 Å². The first-order valence-electron chi connectivity index (χ1n) is 7.40. The molecule has 0 spiro atoms. The third-order valence-electron chi connectivity index (χ3n) is 4.16. The fourth-order valence-electron chi connectivity index (χ4n) is 2.56. The van der Waals surface area contributed by atoms with Gasteiger partial charge in [-0.25, -0.2) is 0 Å². The molecule has 0 amide bonds. The first kappa shape index (κ1) is 14.9. The summed E-state index contributed by atoms with van der Waals surface area (Å²) in [6.45, 7) is 16.5. The Morgan fingerprint density at radius 1 is 1.00 bits per heavy atom. The molecule has 1 heterocycles. The molecule has 102 valence electrons. The molecule has 1 unspecified atom stereocenters. The van der Waals surface area contributed by atoms with Gasteiger partial charge >= 0.3 is 0 Å². The van der Waals surface area contributed by atoms with Crippen molar-refractivity contribution in [2.75, 3.05) is 39.3 Å². The van der Waals surface area contributed by atoms with Crippen molar-refractivity contribution in [3.8, 4) is 0 Å². The minimum Gasteiger partial charge on any atom is -0.312 e. The van der Waals surface area contributed by atoms with E-state index in [1.165, 1.54) is 45.6 Å². The monoisotopic (exact) mass is 241 g/mol. The van der Waals surface area contributed by atoms with Gasteiger partial charge in [-0.2, -0.15) is 0 Å². The van der Waals surface area contributed by atoms with E-state index in [0.717, 1.165) is 6.54 Å². The summed E-state index contributed by atoms with van der Waals surface area (Å²) in [6, 6.07) is 1.38. The quantitative estimate of drug-likeness (QED) is 0.733. The molecular weight excluding hydrogens is 210 g/mol. The second-order valence-corrected chi connectivity index (χ2v) is 5.24. The summed E-state index contributed by atoms with van der Waals surface area (Å²) in [5.41, 5.74) is 0. The molecule has 0 radical (unpaired) electrons. The largest absolute Gasteiger partial charge is 0.312 e. The summed E-state index contributed by atoms with van der Waals surface area (Å²) in [6.07, 6.45) is 2.49. The molecule has 1 rings (SSSR count). The molecule has 1 fully saturated rings. The third kappa shape index (κ3) is 4.94. The molecular formula is C14H31N3. The molecule has 0 bridgehead atoms. The zero-order valence-corrected chi connectivity index (χ0v) is 12.2. The van der Waals surface area contributed by atoms with E-state index in [9.17, 15) is 0 Å². The molecule has 3 nitrogen and oxygen atoms in total. The van der Waals surface area contributed by atoms with E-state index in [0.29, 0.717) is 12.1 Å². The predicted octanol–water partition coefficient (Wildman–Crippen LogP) is 1.79. The number of hydrogen-bond donors (Lipinski definition) is 1. The average molecular weight is 241 g/mol. The first-order valence-corrected chi connectivity index (χ1v) is 7.40. The number of nitrogens with zero attached hydrogens (tertiary/aromatic N) is 2. The topological polar surface area (TPSA) is 18.5 Å². The van der Waals surface area contributed by atoms with E-state index in [1.54, 1.807) is 0 Å². The predicted molar refractivity (Wildman–Crippen MR) is 75.5 cm³/mol. The van der Waals surface area contributed by atoms with Gasteiger partial charge in [0.1, 0.15) is 0 Å². The van der Waals surface area contributed by atoms with Crippen molar-refractivity contribution in [2.45, 2.75) is 52.6 Å². The lowest BCUT2D eigenvalue weighted by Gasteiger charge is -2.38. The highest BCUT2D eigenvalue weighted by Crippen LogP contribution is 2.06. The molecule has 1 aliphatic rings. The van der Waals surface area contributed by atoms with Crippen molar-refractivity contribution < 1.29 is 0 Å². The lowest BCUT2D eigenvalue weighted by atomic mass is 10.1. The van der Waals surface area contributed by atoms with Gasteiger partial charge in [0, 0.05) is 44.8 Å². The summed E-state index contributed by atoms with van der Waals surface area (Å²) in [5, 5.41) is 3.69. The summed E-state index contributed by atoms with van der Waals surface area (Å²) in [5.74, 6) is 0. The van der Waals surface area contributed by atoms with Crippen LogP contribution in [0.3, 0.4) is 0 Å². The minimum absolute atomic E-state index is 0.676. The first-order chi connectivity index (χ1) is 8.21. The van der Waals surface area contributed by atoms with E-state index >= 15 is 0 Å². The molecule has 1 atom stereocenters. The Morgan fingerprint density at radius 3 is 2.06 bits per heavy atom. The standard InChI is InChI=1S/C14H31N3/c1-5-14(6-2)15-12-13(4)17-10-8-16(7-3)9-11-17/h13-15H,5-12H2,1-4H3. The Bertz CT molecular complexity index is 184. The number of nitrogens with one attached hydrogen (secondary N) is 1. The van der Waals surface area contributed by atoms with Crippen molar-refractivity contribution in [2.24, 2.45) is 0 Å². The van der Waals surface area contributed by atoms with E-state index < -0.39 is 0 Å². The zero-order chi connectivity index (χ0) is 12.7. The molecule has 0 aromatic heterocycles. The minimum atomic E-state index is 0.676. The van der Waals surface area contributed by atoms with Crippen molar-refractivity contribution in [1.82, 2.24) is 15.1 Å². The summed E-state index contributed by atoms with van der Waals surface area (Å²) >= 11 is 0. The van der Waals surface area contributed by atoms with Gasteiger partial charge in [0.25, 0.3) is 0 Å². The highest BCUT2D eigenvalue weighted by molar-refractivity contribution is 4.78. The van der Waals surface area contributed by atoms with Crippen LogP contribution in [-0.2, 0) is 0 Å². The normalized spacial score (nSPS) is 21.0. The molecule has 0 aromatic carbocycles. The van der Waals surface area contributed by atoms with E-state index in [-0.39, 0.29) is 0 Å². The molecule has 1 N–H and O–H groups in total. The Kier molecular flexibility index (Phi) is 7.09. The highest BCUT2D eigenvalue weighted by atomic mass is 15.3. The number of likely N-dealkylation sites (N-methyl/N-ethyl adjacent to an activating group) is 1. The van der Waals surface area contributed by atoms with Gasteiger partial charge in [-0.3, -0.25) is 4.90 Å². The van der Waals surface area contributed by atoms with Gasteiger partial charge in [0.05, 0.1) is 0 Å². The summed E-state index contributed by atoms with van der Waals surface area (Å²) < 4.78 is 0. The Labute approximate surface area is 108 Å². The maximum atomic E-state index is 3.69. The van der Waals surface area contributed by atoms with Crippen LogP contribution in [0.2, 0.25) is 0 Å². The highest BCUT2D eigenvalue weighted by Gasteiger charge is 2.20. The van der Waals surface area contributed by atoms with Crippen LogP contribution in [-0.4, -0.2) is 61.2 Å². The van der Waals surface area contributed by atoms with E-state index in [1.807, 2.05) is 0 Å². The second kappa shape index (κ2) is 8.06. The maximum absolute atomic E-state index is 3.69. The number of hydrogen-bond acceptors (Lipinski definition) is 3. The van der Waals surface area contributed by atoms with Gasteiger partial charge < -0.3 is 10.2 Å². The van der Waals surface area contributed by atoms with Gasteiger partial charge in [-0.1, -0.05) is 20.8 Å². The molecule has 3 heteroatoms. The average Bonchev–Trinajstić information content (AvgIpc) is 2.39. The van der Waals surface area contributed by atoms with Crippen LogP contribution in [0.4, 0.5) is 0 Å². The van der Waals surface area contributed by atoms with Crippen LogP contribution in [0.15, 0.2) is 0 Å². The van der Waals surface area contributed by atoms with E-state index in [4.69, 9.17) is 0 Å². The molecule has 0 aromatic rings.